The van der Waals surface area contributed by atoms with Crippen LogP contribution in [0.2, 0.25) is 0 Å². The molecule has 1 heterocycles. The topological polar surface area (TPSA) is 69.6 Å². The highest BCUT2D eigenvalue weighted by molar-refractivity contribution is 7.98. The van der Waals surface area contributed by atoms with Crippen LogP contribution < -0.4 is 5.32 Å². The van der Waals surface area contributed by atoms with Crippen LogP contribution >= 0.6 is 11.8 Å². The number of nitrogens with zero attached hydrogens (tertiary/aromatic N) is 1. The van der Waals surface area contributed by atoms with Gasteiger partial charge < -0.3 is 15.3 Å². The van der Waals surface area contributed by atoms with Gasteiger partial charge in [0.2, 0.25) is 0 Å². The molecule has 6 heteroatoms. The molecule has 17 heavy (non-hydrogen) atoms. The zero-order valence-corrected chi connectivity index (χ0v) is 11.1. The molecule has 1 saturated heterocycles. The fraction of sp³-hybridized carbons (Fsp3) is 0.818. The van der Waals surface area contributed by atoms with Gasteiger partial charge in [-0.25, -0.2) is 9.59 Å². The van der Waals surface area contributed by atoms with Crippen molar-refractivity contribution in [1.29, 1.82) is 0 Å². The average molecular weight is 260 g/mol. The van der Waals surface area contributed by atoms with Crippen molar-refractivity contribution in [2.24, 2.45) is 5.92 Å². The number of nitrogens with one attached hydrogen (secondary N) is 1. The van der Waals surface area contributed by atoms with Gasteiger partial charge in [-0.3, -0.25) is 0 Å². The first kappa shape index (κ1) is 14.2. The first-order valence-corrected chi connectivity index (χ1v) is 7.21. The van der Waals surface area contributed by atoms with E-state index in [1.807, 2.05) is 13.2 Å². The van der Waals surface area contributed by atoms with Gasteiger partial charge in [-0.1, -0.05) is 6.92 Å². The molecule has 2 unspecified atom stereocenters. The second kappa shape index (κ2) is 6.74. The van der Waals surface area contributed by atoms with Gasteiger partial charge in [0, 0.05) is 18.8 Å². The third-order valence-corrected chi connectivity index (χ3v) is 3.61. The van der Waals surface area contributed by atoms with E-state index in [-0.39, 0.29) is 6.03 Å². The summed E-state index contributed by atoms with van der Waals surface area (Å²) in [6.45, 7) is 3.14. The minimum Gasteiger partial charge on any atom is -0.480 e. The van der Waals surface area contributed by atoms with E-state index in [1.165, 1.54) is 4.90 Å². The first-order chi connectivity index (χ1) is 8.06. The number of amides is 2. The molecule has 0 aromatic rings. The van der Waals surface area contributed by atoms with Crippen LogP contribution in [0.25, 0.3) is 0 Å². The third kappa shape index (κ3) is 4.11. The number of hydrogen-bond donors (Lipinski definition) is 2. The summed E-state index contributed by atoms with van der Waals surface area (Å²) < 4.78 is 0. The molecule has 5 nitrogen and oxygen atoms in total. The number of urea groups is 1. The molecule has 1 fully saturated rings. The van der Waals surface area contributed by atoms with E-state index in [2.05, 4.69) is 5.32 Å². The van der Waals surface area contributed by atoms with E-state index in [0.29, 0.717) is 25.4 Å². The molecule has 98 valence electrons. The Bertz CT molecular complexity index is 286. The maximum absolute atomic E-state index is 11.8. The van der Waals surface area contributed by atoms with Crippen LogP contribution in [-0.4, -0.2) is 53.1 Å². The van der Waals surface area contributed by atoms with Crippen LogP contribution in [0.4, 0.5) is 4.79 Å². The minimum absolute atomic E-state index is 0.252. The number of thioether (sulfide) groups is 1. The fourth-order valence-corrected chi connectivity index (χ4v) is 2.29. The molecule has 2 N–H and O–H groups in total. The Balaban J connectivity index is 2.54. The Morgan fingerprint density at radius 1 is 1.53 bits per heavy atom. The van der Waals surface area contributed by atoms with E-state index < -0.39 is 12.0 Å². The zero-order valence-electron chi connectivity index (χ0n) is 10.3. The third-order valence-electron chi connectivity index (χ3n) is 2.99. The number of carbonyl (C=O) groups excluding carboxylic acids is 1. The first-order valence-electron chi connectivity index (χ1n) is 5.82. The SMILES string of the molecule is CSCCNC(=O)N1CCC(C)CC1C(=O)O. The van der Waals surface area contributed by atoms with E-state index in [9.17, 15) is 9.59 Å². The molecule has 0 spiro atoms. The largest absolute Gasteiger partial charge is 0.480 e. The smallest absolute Gasteiger partial charge is 0.326 e. The number of piperidine rings is 1. The highest BCUT2D eigenvalue weighted by Crippen LogP contribution is 2.22. The average Bonchev–Trinajstić information content (AvgIpc) is 2.29. The van der Waals surface area contributed by atoms with Crippen LogP contribution in [0, 0.1) is 5.92 Å². The number of carbonyl (C=O) groups is 2. The highest BCUT2D eigenvalue weighted by Gasteiger charge is 2.34. The molecule has 1 rings (SSSR count). The number of aliphatic carboxylic acids is 1. The molecule has 0 saturated carbocycles. The van der Waals surface area contributed by atoms with Crippen LogP contribution in [0.5, 0.6) is 0 Å². The van der Waals surface area contributed by atoms with Crippen LogP contribution in [-0.2, 0) is 4.79 Å². The highest BCUT2D eigenvalue weighted by atomic mass is 32.2. The molecular weight excluding hydrogens is 240 g/mol. The van der Waals surface area contributed by atoms with E-state index >= 15 is 0 Å². The molecule has 0 aromatic carbocycles. The summed E-state index contributed by atoms with van der Waals surface area (Å²) in [4.78, 5) is 24.4. The summed E-state index contributed by atoms with van der Waals surface area (Å²) in [7, 11) is 0. The predicted octanol–water partition coefficient (Wildman–Crippen LogP) is 1.24. The van der Waals surface area contributed by atoms with Gasteiger partial charge in [0.15, 0.2) is 0 Å². The summed E-state index contributed by atoms with van der Waals surface area (Å²) in [6.07, 6.45) is 3.39. The normalized spacial score (nSPS) is 24.5. The number of carboxylic acid groups (broad SMARTS) is 1. The maximum Gasteiger partial charge on any atom is 0.326 e. The maximum atomic E-state index is 11.8. The molecule has 0 aliphatic carbocycles. The standard InChI is InChI=1S/C11H20N2O3S/c1-8-3-5-13(9(7-8)10(14)15)11(16)12-4-6-17-2/h8-9H,3-7H2,1-2H3,(H,12,16)(H,14,15). The second-order valence-electron chi connectivity index (χ2n) is 4.40. The van der Waals surface area contributed by atoms with Crippen molar-refractivity contribution < 1.29 is 14.7 Å². The predicted molar refractivity (Wildman–Crippen MR) is 68.3 cm³/mol. The molecule has 1 aliphatic heterocycles. The summed E-state index contributed by atoms with van der Waals surface area (Å²) in [5.74, 6) is 0.302. The van der Waals surface area contributed by atoms with Gasteiger partial charge in [0.1, 0.15) is 6.04 Å². The lowest BCUT2D eigenvalue weighted by Crippen LogP contribution is -2.53. The molecule has 0 radical (unpaired) electrons. The van der Waals surface area contributed by atoms with Crippen molar-refractivity contribution in [3.8, 4) is 0 Å². The number of likely N-dealkylation sites (tertiary alicyclic amines) is 1. The van der Waals surface area contributed by atoms with Crippen molar-refractivity contribution in [3.63, 3.8) is 0 Å². The lowest BCUT2D eigenvalue weighted by molar-refractivity contribution is -0.143. The monoisotopic (exact) mass is 260 g/mol. The molecule has 2 atom stereocenters. The van der Waals surface area contributed by atoms with Gasteiger partial charge in [-0.2, -0.15) is 11.8 Å². The van der Waals surface area contributed by atoms with Gasteiger partial charge in [-0.05, 0) is 25.0 Å². The summed E-state index contributed by atoms with van der Waals surface area (Å²) in [6, 6.07) is -0.925. The molecule has 0 aromatic heterocycles. The second-order valence-corrected chi connectivity index (χ2v) is 5.39. The van der Waals surface area contributed by atoms with Gasteiger partial charge in [-0.15, -0.1) is 0 Å². The Morgan fingerprint density at radius 3 is 2.82 bits per heavy atom. The van der Waals surface area contributed by atoms with E-state index in [4.69, 9.17) is 5.11 Å². The molecule has 0 bridgehead atoms. The van der Waals surface area contributed by atoms with Crippen molar-refractivity contribution in [2.75, 3.05) is 25.1 Å². The lowest BCUT2D eigenvalue weighted by Gasteiger charge is -2.35. The minimum atomic E-state index is -0.906. The zero-order chi connectivity index (χ0) is 12.8. The Labute approximate surface area is 106 Å². The Hall–Kier alpha value is -0.910. The van der Waals surface area contributed by atoms with E-state index in [0.717, 1.165) is 12.2 Å². The molecular formula is C11H20N2O3S. The Kier molecular flexibility index (Phi) is 5.61. The van der Waals surface area contributed by atoms with Crippen molar-refractivity contribution in [1.82, 2.24) is 10.2 Å². The number of carboxylic acids is 1. The Morgan fingerprint density at radius 2 is 2.24 bits per heavy atom. The number of rotatable bonds is 4. The van der Waals surface area contributed by atoms with Gasteiger partial charge in [0.25, 0.3) is 0 Å². The quantitative estimate of drug-likeness (QED) is 0.746. The van der Waals surface area contributed by atoms with Crippen molar-refractivity contribution in [3.05, 3.63) is 0 Å². The summed E-state index contributed by atoms with van der Waals surface area (Å²) in [5.41, 5.74) is 0. The van der Waals surface area contributed by atoms with Crippen LogP contribution in [0.1, 0.15) is 19.8 Å². The van der Waals surface area contributed by atoms with Crippen LogP contribution in [0.3, 0.4) is 0 Å². The van der Waals surface area contributed by atoms with Gasteiger partial charge >= 0.3 is 12.0 Å². The summed E-state index contributed by atoms with van der Waals surface area (Å²) in [5, 5.41) is 11.9. The molecule has 2 amide bonds. The van der Waals surface area contributed by atoms with Crippen molar-refractivity contribution >= 4 is 23.8 Å². The number of hydrogen-bond acceptors (Lipinski definition) is 3. The molecule has 1 aliphatic rings. The van der Waals surface area contributed by atoms with Crippen LogP contribution in [0.15, 0.2) is 0 Å². The van der Waals surface area contributed by atoms with Crippen molar-refractivity contribution in [2.45, 2.75) is 25.8 Å². The van der Waals surface area contributed by atoms with Gasteiger partial charge in [0.05, 0.1) is 0 Å². The summed E-state index contributed by atoms with van der Waals surface area (Å²) >= 11 is 1.65. The van der Waals surface area contributed by atoms with E-state index in [1.54, 1.807) is 11.8 Å². The fourth-order valence-electron chi connectivity index (χ4n) is 1.98. The lowest BCUT2D eigenvalue weighted by atomic mass is 9.93.